The summed E-state index contributed by atoms with van der Waals surface area (Å²) in [6.07, 6.45) is 1.24. The van der Waals surface area contributed by atoms with E-state index in [0.717, 1.165) is 12.0 Å². The van der Waals surface area contributed by atoms with Crippen molar-refractivity contribution in [1.29, 1.82) is 5.26 Å². The lowest BCUT2D eigenvalue weighted by atomic mass is 10.1. The van der Waals surface area contributed by atoms with Gasteiger partial charge in [-0.05, 0) is 24.1 Å². The summed E-state index contributed by atoms with van der Waals surface area (Å²) in [5.41, 5.74) is 1.74. The van der Waals surface area contributed by atoms with Gasteiger partial charge in [0.15, 0.2) is 0 Å². The number of aryl methyl sites for hydroxylation is 1. The first kappa shape index (κ1) is 11.3. The maximum absolute atomic E-state index is 11.3. The average Bonchev–Trinajstić information content (AvgIpc) is 2.26. The van der Waals surface area contributed by atoms with Crippen LogP contribution in [0.25, 0.3) is 0 Å². The van der Waals surface area contributed by atoms with Gasteiger partial charge >= 0.3 is 0 Å². The Hall–Kier alpha value is -1.82. The maximum Gasteiger partial charge on any atom is 0.222 e. The largest absolute Gasteiger partial charge is 0.349 e. The lowest BCUT2D eigenvalue weighted by Crippen LogP contribution is -2.21. The summed E-state index contributed by atoms with van der Waals surface area (Å²) in [6, 6.07) is 9.39. The molecule has 1 rings (SSSR count). The molecule has 1 aromatic rings. The predicted octanol–water partition coefficient (Wildman–Crippen LogP) is 1.58. The number of rotatable bonds is 3. The van der Waals surface area contributed by atoms with Crippen LogP contribution in [-0.2, 0) is 11.2 Å². The predicted molar refractivity (Wildman–Crippen MR) is 58.2 cm³/mol. The van der Waals surface area contributed by atoms with Crippen LogP contribution in [0.4, 0.5) is 0 Å². The van der Waals surface area contributed by atoms with E-state index in [4.69, 9.17) is 5.26 Å². The van der Waals surface area contributed by atoms with Crippen molar-refractivity contribution in [1.82, 2.24) is 4.90 Å². The van der Waals surface area contributed by atoms with Crippen LogP contribution < -0.4 is 0 Å². The van der Waals surface area contributed by atoms with E-state index in [1.807, 2.05) is 12.1 Å². The van der Waals surface area contributed by atoms with E-state index < -0.39 is 0 Å². The number of carbonyl (C=O) groups is 1. The topological polar surface area (TPSA) is 44.1 Å². The SMILES string of the molecule is CN(C)C(=O)CCc1ccc(C#N)cc1. The van der Waals surface area contributed by atoms with Crippen molar-refractivity contribution in [2.75, 3.05) is 14.1 Å². The Bertz CT molecular complexity index is 374. The number of hydrogen-bond acceptors (Lipinski definition) is 2. The number of nitrogens with zero attached hydrogens (tertiary/aromatic N) is 2. The second kappa shape index (κ2) is 5.16. The Morgan fingerprint density at radius 3 is 2.40 bits per heavy atom. The quantitative estimate of drug-likeness (QED) is 0.747. The van der Waals surface area contributed by atoms with Crippen LogP contribution in [0.2, 0.25) is 0 Å². The highest BCUT2D eigenvalue weighted by molar-refractivity contribution is 5.75. The van der Waals surface area contributed by atoms with Gasteiger partial charge in [-0.1, -0.05) is 12.1 Å². The molecular formula is C12H14N2O. The number of benzene rings is 1. The van der Waals surface area contributed by atoms with Crippen molar-refractivity contribution in [3.05, 3.63) is 35.4 Å². The summed E-state index contributed by atoms with van der Waals surface area (Å²) >= 11 is 0. The Morgan fingerprint density at radius 2 is 1.93 bits per heavy atom. The van der Waals surface area contributed by atoms with Crippen LogP contribution in [-0.4, -0.2) is 24.9 Å². The van der Waals surface area contributed by atoms with Crippen molar-refractivity contribution in [3.63, 3.8) is 0 Å². The van der Waals surface area contributed by atoms with E-state index in [0.29, 0.717) is 12.0 Å². The molecule has 1 amide bonds. The van der Waals surface area contributed by atoms with Crippen LogP contribution in [0.15, 0.2) is 24.3 Å². The third-order valence-electron chi connectivity index (χ3n) is 2.21. The first-order chi connectivity index (χ1) is 7.13. The van der Waals surface area contributed by atoms with Gasteiger partial charge in [-0.3, -0.25) is 4.79 Å². The molecule has 0 atom stereocenters. The van der Waals surface area contributed by atoms with Crippen molar-refractivity contribution >= 4 is 5.91 Å². The monoisotopic (exact) mass is 202 g/mol. The van der Waals surface area contributed by atoms with Gasteiger partial charge in [0.2, 0.25) is 5.91 Å². The van der Waals surface area contributed by atoms with E-state index in [9.17, 15) is 4.79 Å². The van der Waals surface area contributed by atoms with Gasteiger partial charge in [0.05, 0.1) is 11.6 Å². The van der Waals surface area contributed by atoms with Crippen molar-refractivity contribution in [2.24, 2.45) is 0 Å². The van der Waals surface area contributed by atoms with Gasteiger partial charge in [-0.15, -0.1) is 0 Å². The van der Waals surface area contributed by atoms with Crippen molar-refractivity contribution in [2.45, 2.75) is 12.8 Å². The highest BCUT2D eigenvalue weighted by atomic mass is 16.2. The molecule has 15 heavy (non-hydrogen) atoms. The molecule has 0 N–H and O–H groups in total. The van der Waals surface area contributed by atoms with Crippen LogP contribution in [0.3, 0.4) is 0 Å². The molecule has 0 heterocycles. The third kappa shape index (κ3) is 3.43. The Kier molecular flexibility index (Phi) is 3.87. The molecule has 0 saturated heterocycles. The lowest BCUT2D eigenvalue weighted by molar-refractivity contribution is -0.128. The molecule has 1 aromatic carbocycles. The molecule has 0 bridgehead atoms. The van der Waals surface area contributed by atoms with Crippen molar-refractivity contribution < 1.29 is 4.79 Å². The molecule has 0 saturated carbocycles. The van der Waals surface area contributed by atoms with Gasteiger partial charge in [-0.25, -0.2) is 0 Å². The first-order valence-electron chi connectivity index (χ1n) is 4.82. The number of nitriles is 1. The molecule has 0 fully saturated rings. The fraction of sp³-hybridized carbons (Fsp3) is 0.333. The molecule has 0 aliphatic heterocycles. The number of carbonyl (C=O) groups excluding carboxylic acids is 1. The fourth-order valence-corrected chi connectivity index (χ4v) is 1.22. The summed E-state index contributed by atoms with van der Waals surface area (Å²) in [7, 11) is 3.50. The highest BCUT2D eigenvalue weighted by Gasteiger charge is 2.03. The Balaban J connectivity index is 2.52. The minimum Gasteiger partial charge on any atom is -0.349 e. The van der Waals surface area contributed by atoms with E-state index >= 15 is 0 Å². The van der Waals surface area contributed by atoms with Gasteiger partial charge in [0.1, 0.15) is 0 Å². The molecule has 0 aromatic heterocycles. The zero-order chi connectivity index (χ0) is 11.3. The molecule has 3 heteroatoms. The second-order valence-electron chi connectivity index (χ2n) is 3.60. The fourth-order valence-electron chi connectivity index (χ4n) is 1.22. The van der Waals surface area contributed by atoms with Crippen LogP contribution in [0.1, 0.15) is 17.5 Å². The van der Waals surface area contributed by atoms with E-state index in [1.54, 1.807) is 31.1 Å². The smallest absolute Gasteiger partial charge is 0.222 e. The Morgan fingerprint density at radius 1 is 1.33 bits per heavy atom. The second-order valence-corrected chi connectivity index (χ2v) is 3.60. The van der Waals surface area contributed by atoms with E-state index in [1.165, 1.54) is 0 Å². The Labute approximate surface area is 89.9 Å². The van der Waals surface area contributed by atoms with Gasteiger partial charge in [0, 0.05) is 20.5 Å². The number of amides is 1. The summed E-state index contributed by atoms with van der Waals surface area (Å²) < 4.78 is 0. The van der Waals surface area contributed by atoms with Crippen LogP contribution in [0.5, 0.6) is 0 Å². The molecule has 0 spiro atoms. The third-order valence-corrected chi connectivity index (χ3v) is 2.21. The van der Waals surface area contributed by atoms with Crippen LogP contribution >= 0.6 is 0 Å². The summed E-state index contributed by atoms with van der Waals surface area (Å²) in [5, 5.41) is 8.61. The van der Waals surface area contributed by atoms with Gasteiger partial charge in [-0.2, -0.15) is 5.26 Å². The van der Waals surface area contributed by atoms with Gasteiger partial charge in [0.25, 0.3) is 0 Å². The first-order valence-corrected chi connectivity index (χ1v) is 4.82. The van der Waals surface area contributed by atoms with Gasteiger partial charge < -0.3 is 4.90 Å². The molecule has 0 aliphatic rings. The normalized spacial score (nSPS) is 9.40. The van der Waals surface area contributed by atoms with E-state index in [-0.39, 0.29) is 5.91 Å². The lowest BCUT2D eigenvalue weighted by Gasteiger charge is -2.09. The van der Waals surface area contributed by atoms with E-state index in [2.05, 4.69) is 6.07 Å². The zero-order valence-corrected chi connectivity index (χ0v) is 9.03. The summed E-state index contributed by atoms with van der Waals surface area (Å²) in [5.74, 6) is 0.124. The zero-order valence-electron chi connectivity index (χ0n) is 9.03. The minimum absolute atomic E-state index is 0.124. The standard InChI is InChI=1S/C12H14N2O/c1-14(2)12(15)8-7-10-3-5-11(9-13)6-4-10/h3-6H,7-8H2,1-2H3. The minimum atomic E-state index is 0.124. The molecule has 0 unspecified atom stereocenters. The molecule has 3 nitrogen and oxygen atoms in total. The number of hydrogen-bond donors (Lipinski definition) is 0. The average molecular weight is 202 g/mol. The summed E-state index contributed by atoms with van der Waals surface area (Å²) in [6.45, 7) is 0. The summed E-state index contributed by atoms with van der Waals surface area (Å²) in [4.78, 5) is 12.9. The molecule has 0 aliphatic carbocycles. The molecular weight excluding hydrogens is 188 g/mol. The van der Waals surface area contributed by atoms with Crippen molar-refractivity contribution in [3.8, 4) is 6.07 Å². The molecule has 0 radical (unpaired) electrons. The maximum atomic E-state index is 11.3. The molecule has 78 valence electrons. The highest BCUT2D eigenvalue weighted by Crippen LogP contribution is 2.06. The van der Waals surface area contributed by atoms with Crippen LogP contribution in [0, 0.1) is 11.3 Å².